The molecule has 0 saturated heterocycles. The smallest absolute Gasteiger partial charge is 0.206 e. The lowest BCUT2D eigenvalue weighted by atomic mass is 9.78. The SMILES string of the molecule is Cc1ccc(-c2ccc(-c3ccc(C)cc3)cc2)cc1.Cc1ccc(-c2ccc(C)cc2)cc1.Cc1ccc(C(=O)c2ccc(C)cc2)cc1.Cc1ccc(C(C)(C)c2ccc(C)cc2)cc1.Cc1ccc(C(C)(C)c2ccc(C)cc2)cc1.Cc1ccc(C)c2cc3ccccc3cc12.Cc1ccc(C)cc1.Cc1ccc(S(=O)(=O)c2ccc(C)cc2)cc1. The van der Waals surface area contributed by atoms with Crippen LogP contribution in [0.4, 0.5) is 0 Å². The van der Waals surface area contributed by atoms with Crippen molar-refractivity contribution in [2.24, 2.45) is 0 Å². The molecule has 0 fully saturated rings. The zero-order chi connectivity index (χ0) is 90.0. The average Bonchev–Trinajstić information content (AvgIpc) is 0.768. The number of carbonyl (C=O) groups is 1. The second kappa shape index (κ2) is 44.3. The number of sulfone groups is 1. The second-order valence-electron chi connectivity index (χ2n) is 34.5. The van der Waals surface area contributed by atoms with Crippen molar-refractivity contribution in [3.05, 3.63) is 511 Å². The van der Waals surface area contributed by atoms with Crippen LogP contribution in [0.2, 0.25) is 0 Å². The van der Waals surface area contributed by atoms with Gasteiger partial charge in [-0.2, -0.15) is 0 Å². The summed E-state index contributed by atoms with van der Waals surface area (Å²) in [6.07, 6.45) is 0. The number of benzene rings is 17. The van der Waals surface area contributed by atoms with Crippen LogP contribution in [0.25, 0.3) is 54.9 Å². The highest BCUT2D eigenvalue weighted by molar-refractivity contribution is 7.91. The van der Waals surface area contributed by atoms with Gasteiger partial charge >= 0.3 is 0 Å². The molecule has 0 unspecified atom stereocenters. The van der Waals surface area contributed by atoms with Crippen molar-refractivity contribution in [1.29, 1.82) is 0 Å². The topological polar surface area (TPSA) is 51.2 Å². The molecule has 0 bridgehead atoms. The molecule has 0 spiro atoms. The van der Waals surface area contributed by atoms with E-state index in [9.17, 15) is 13.2 Å². The molecule has 0 saturated carbocycles. The van der Waals surface area contributed by atoms with E-state index in [1.165, 1.54) is 155 Å². The second-order valence-corrected chi connectivity index (χ2v) is 36.5. The monoisotopic (exact) mass is 1660 g/mol. The molecule has 4 heteroatoms. The highest BCUT2D eigenvalue weighted by Gasteiger charge is 2.24. The first-order valence-corrected chi connectivity index (χ1v) is 44.8. The Morgan fingerprint density at radius 3 is 0.560 bits per heavy atom. The van der Waals surface area contributed by atoms with Crippen molar-refractivity contribution in [2.45, 2.75) is 159 Å². The van der Waals surface area contributed by atoms with Crippen LogP contribution in [-0.2, 0) is 20.7 Å². The molecule has 17 rings (SSSR count). The molecular weight excluding hydrogens is 1530 g/mol. The fourth-order valence-corrected chi connectivity index (χ4v) is 15.4. The van der Waals surface area contributed by atoms with Crippen LogP contribution in [0.1, 0.15) is 155 Å². The molecule has 0 aliphatic heterocycles. The van der Waals surface area contributed by atoms with Crippen LogP contribution < -0.4 is 0 Å². The molecule has 17 aromatic rings. The number of rotatable bonds is 11. The van der Waals surface area contributed by atoms with Gasteiger partial charge in [-0.15, -0.1) is 0 Å². The standard InChI is InChI=1S/C20H18.2C17H20.C16H14.C15H14O.C14H14O2S.C14H14.C8H10/c1-15-3-7-17(8-4-15)19-11-13-20(14-12-19)18-9-5-16(2)6-10-18;2*1-13-5-9-15(10-6-13)17(3,4)16-11-7-14(2)8-12-16;1-11-7-8-12(2)16-10-14-6-4-3-5-13(14)9-15(11)16;1-11-3-7-13(8-4-11)15(16)14-9-5-12(2)6-10-14;1-11-3-7-13(8-4-11)17(15,16)14-9-5-12(2)6-10-14;1-11-3-7-13(8-4-11)14-9-5-12(2)6-10-14;1-7-3-5-8(2)6-4-7/h3-14H,1-2H3;2*5-12H,1-4H3;2*3-10H,1-2H3;3-10H,1-2H3;3-10H,1-2H3;3-6H,1-2H3. The molecule has 125 heavy (non-hydrogen) atoms. The number of aryl methyl sites for hydroxylation is 16. The minimum atomic E-state index is -3.37. The summed E-state index contributed by atoms with van der Waals surface area (Å²) in [5.41, 5.74) is 35.0. The van der Waals surface area contributed by atoms with Crippen molar-refractivity contribution in [1.82, 2.24) is 0 Å². The van der Waals surface area contributed by atoms with Gasteiger partial charge in [0.25, 0.3) is 0 Å². The van der Waals surface area contributed by atoms with E-state index >= 15 is 0 Å². The summed E-state index contributed by atoms with van der Waals surface area (Å²) >= 11 is 0. The molecule has 0 aromatic heterocycles. The van der Waals surface area contributed by atoms with Crippen LogP contribution in [0.5, 0.6) is 0 Å². The van der Waals surface area contributed by atoms with Gasteiger partial charge in [-0.1, -0.05) is 457 Å². The maximum atomic E-state index is 12.3. The van der Waals surface area contributed by atoms with Crippen molar-refractivity contribution in [2.75, 3.05) is 0 Å². The van der Waals surface area contributed by atoms with Gasteiger partial charge in [-0.25, -0.2) is 8.42 Å². The van der Waals surface area contributed by atoms with E-state index in [1.54, 1.807) is 48.5 Å². The first kappa shape index (κ1) is 94.1. The van der Waals surface area contributed by atoms with Gasteiger partial charge < -0.3 is 0 Å². The van der Waals surface area contributed by atoms with Gasteiger partial charge in [-0.05, 0) is 235 Å². The van der Waals surface area contributed by atoms with E-state index in [4.69, 9.17) is 0 Å². The minimum absolute atomic E-state index is 0.0708. The summed E-state index contributed by atoms with van der Waals surface area (Å²) in [5.74, 6) is 0.0833. The molecule has 0 N–H and O–H groups in total. The zero-order valence-electron chi connectivity index (χ0n) is 77.1. The van der Waals surface area contributed by atoms with Crippen molar-refractivity contribution in [3.63, 3.8) is 0 Å². The molecule has 0 heterocycles. The maximum Gasteiger partial charge on any atom is 0.206 e. The van der Waals surface area contributed by atoms with E-state index in [0.29, 0.717) is 9.79 Å². The summed E-state index contributed by atoms with van der Waals surface area (Å²) in [4.78, 5) is 12.7. The molecule has 3 nitrogen and oxygen atoms in total. The van der Waals surface area contributed by atoms with Crippen molar-refractivity contribution in [3.8, 4) is 33.4 Å². The average molecular weight is 1660 g/mol. The fraction of sp³-hybridized carbons (Fsp3) is 0.182. The quantitative estimate of drug-likeness (QED) is 0.0958. The summed E-state index contributed by atoms with van der Waals surface area (Å²) in [6, 6.07) is 134. The van der Waals surface area contributed by atoms with E-state index in [2.05, 4.69) is 402 Å². The van der Waals surface area contributed by atoms with Crippen LogP contribution in [-0.4, -0.2) is 14.2 Å². The van der Waals surface area contributed by atoms with E-state index in [-0.39, 0.29) is 16.6 Å². The van der Waals surface area contributed by atoms with E-state index in [1.807, 2.05) is 76.2 Å². The molecule has 0 radical (unpaired) electrons. The molecule has 0 aliphatic carbocycles. The molecule has 0 atom stereocenters. The largest absolute Gasteiger partial charge is 0.289 e. The normalized spacial score (nSPS) is 10.8. The molecule has 0 amide bonds. The predicted molar refractivity (Wildman–Crippen MR) is 538 cm³/mol. The van der Waals surface area contributed by atoms with Crippen LogP contribution in [0, 0.1) is 111 Å². The Hall–Kier alpha value is -13.1. The number of hydrogen-bond donors (Lipinski definition) is 0. The Kier molecular flexibility index (Phi) is 33.3. The summed E-state index contributed by atoms with van der Waals surface area (Å²) < 4.78 is 24.5. The van der Waals surface area contributed by atoms with E-state index < -0.39 is 9.84 Å². The Bertz CT molecular complexity index is 5880. The highest BCUT2D eigenvalue weighted by atomic mass is 32.2. The third kappa shape index (κ3) is 27.4. The molecule has 0 aliphatic rings. The Morgan fingerprint density at radius 2 is 0.360 bits per heavy atom. The Morgan fingerprint density at radius 1 is 0.200 bits per heavy atom. The Labute approximate surface area is 748 Å². The first-order chi connectivity index (χ1) is 59.7. The molecule has 632 valence electrons. The molecular formula is C121H124O3S. The third-order valence-electron chi connectivity index (χ3n) is 23.0. The van der Waals surface area contributed by atoms with Crippen molar-refractivity contribution >= 4 is 37.2 Å². The van der Waals surface area contributed by atoms with Crippen LogP contribution in [0.3, 0.4) is 0 Å². The lowest BCUT2D eigenvalue weighted by Crippen LogP contribution is -2.18. The van der Waals surface area contributed by atoms with Gasteiger partial charge in [0.15, 0.2) is 5.78 Å². The maximum absolute atomic E-state index is 12.3. The van der Waals surface area contributed by atoms with Gasteiger partial charge in [-0.3, -0.25) is 4.79 Å². The van der Waals surface area contributed by atoms with E-state index in [0.717, 1.165) is 22.3 Å². The number of ketones is 1. The van der Waals surface area contributed by atoms with Crippen LogP contribution in [0.15, 0.2) is 398 Å². The number of carbonyl (C=O) groups excluding carboxylic acids is 1. The number of fused-ring (bicyclic) bond motifs is 2. The third-order valence-corrected chi connectivity index (χ3v) is 24.8. The van der Waals surface area contributed by atoms with Gasteiger partial charge in [0, 0.05) is 22.0 Å². The summed E-state index contributed by atoms with van der Waals surface area (Å²) in [5, 5.41) is 5.39. The fourth-order valence-electron chi connectivity index (χ4n) is 14.2. The number of hydrogen-bond acceptors (Lipinski definition) is 3. The first-order valence-electron chi connectivity index (χ1n) is 43.3. The highest BCUT2D eigenvalue weighted by Crippen LogP contribution is 2.35. The summed E-state index contributed by atoms with van der Waals surface area (Å²) in [7, 11) is -3.37. The molecule has 17 aromatic carbocycles. The Balaban J connectivity index is 0.000000150. The van der Waals surface area contributed by atoms with Gasteiger partial charge in [0.05, 0.1) is 9.79 Å². The summed E-state index contributed by atoms with van der Waals surface area (Å²) in [6.45, 7) is 42.5. The lowest BCUT2D eigenvalue weighted by molar-refractivity contribution is 0.103. The minimum Gasteiger partial charge on any atom is -0.289 e. The van der Waals surface area contributed by atoms with Gasteiger partial charge in [0.2, 0.25) is 9.84 Å². The lowest BCUT2D eigenvalue weighted by Gasteiger charge is -2.26. The van der Waals surface area contributed by atoms with Gasteiger partial charge in [0.1, 0.15) is 0 Å². The van der Waals surface area contributed by atoms with Crippen LogP contribution >= 0.6 is 0 Å². The predicted octanol–water partition coefficient (Wildman–Crippen LogP) is 32.5. The zero-order valence-corrected chi connectivity index (χ0v) is 77.9. The van der Waals surface area contributed by atoms with Crippen molar-refractivity contribution < 1.29 is 13.2 Å².